The lowest BCUT2D eigenvalue weighted by Crippen LogP contribution is -2.50. The van der Waals surface area contributed by atoms with Crippen LogP contribution in [0.4, 0.5) is 5.69 Å². The van der Waals surface area contributed by atoms with Crippen LogP contribution in [0.2, 0.25) is 0 Å². The highest BCUT2D eigenvalue weighted by atomic mass is 32.2. The predicted octanol–water partition coefficient (Wildman–Crippen LogP) is 2.28. The highest BCUT2D eigenvalue weighted by molar-refractivity contribution is 7.89. The predicted molar refractivity (Wildman–Crippen MR) is 122 cm³/mol. The number of piperidine rings is 1. The molecule has 1 aromatic carbocycles. The topological polar surface area (TPSA) is 98.8 Å². The first-order valence-corrected chi connectivity index (χ1v) is 12.4. The molecule has 1 aliphatic heterocycles. The molecule has 0 bridgehead atoms. The van der Waals surface area contributed by atoms with Gasteiger partial charge in [-0.25, -0.2) is 12.7 Å². The summed E-state index contributed by atoms with van der Waals surface area (Å²) >= 11 is 0. The van der Waals surface area contributed by atoms with Crippen LogP contribution in [0.3, 0.4) is 0 Å². The Morgan fingerprint density at radius 1 is 1.26 bits per heavy atom. The number of hydrogen-bond donors (Lipinski definition) is 2. The minimum absolute atomic E-state index is 0.0554. The molecule has 1 fully saturated rings. The van der Waals surface area contributed by atoms with Gasteiger partial charge in [0.15, 0.2) is 0 Å². The fourth-order valence-corrected chi connectivity index (χ4v) is 4.74. The Kier molecular flexibility index (Phi) is 9.02. The van der Waals surface area contributed by atoms with E-state index in [-0.39, 0.29) is 28.7 Å². The number of anilines is 1. The summed E-state index contributed by atoms with van der Waals surface area (Å²) in [7, 11) is -0.646. The van der Waals surface area contributed by atoms with Crippen LogP contribution >= 0.6 is 0 Å². The maximum absolute atomic E-state index is 12.8. The van der Waals surface area contributed by atoms with Gasteiger partial charge in [-0.1, -0.05) is 19.4 Å². The van der Waals surface area contributed by atoms with Crippen LogP contribution in [-0.2, 0) is 19.6 Å². The van der Waals surface area contributed by atoms with Crippen molar-refractivity contribution in [2.24, 2.45) is 5.92 Å². The molecular weight excluding hydrogens is 416 g/mol. The number of rotatable bonds is 9. The van der Waals surface area contributed by atoms with Gasteiger partial charge in [0.1, 0.15) is 0 Å². The van der Waals surface area contributed by atoms with Gasteiger partial charge in [0.05, 0.1) is 16.9 Å². The van der Waals surface area contributed by atoms with Gasteiger partial charge in [-0.3, -0.25) is 14.5 Å². The van der Waals surface area contributed by atoms with Gasteiger partial charge >= 0.3 is 0 Å². The Morgan fingerprint density at radius 3 is 2.61 bits per heavy atom. The second-order valence-electron chi connectivity index (χ2n) is 8.51. The lowest BCUT2D eigenvalue weighted by Gasteiger charge is -2.35. The van der Waals surface area contributed by atoms with E-state index in [4.69, 9.17) is 0 Å². The van der Waals surface area contributed by atoms with E-state index in [1.54, 1.807) is 12.1 Å². The van der Waals surface area contributed by atoms with Gasteiger partial charge in [0.2, 0.25) is 21.8 Å². The molecule has 0 aliphatic carbocycles. The van der Waals surface area contributed by atoms with E-state index < -0.39 is 16.1 Å². The normalized spacial score (nSPS) is 19.6. The van der Waals surface area contributed by atoms with Gasteiger partial charge in [0, 0.05) is 32.4 Å². The van der Waals surface area contributed by atoms with E-state index >= 15 is 0 Å². The quantitative estimate of drug-likeness (QED) is 0.599. The van der Waals surface area contributed by atoms with Crippen molar-refractivity contribution in [1.82, 2.24) is 14.5 Å². The molecule has 174 valence electrons. The summed E-state index contributed by atoms with van der Waals surface area (Å²) < 4.78 is 25.8. The first kappa shape index (κ1) is 25.3. The summed E-state index contributed by atoms with van der Waals surface area (Å²) in [4.78, 5) is 27.6. The van der Waals surface area contributed by atoms with Crippen molar-refractivity contribution in [2.75, 3.05) is 32.5 Å². The third-order valence-electron chi connectivity index (χ3n) is 5.74. The number of amides is 2. The molecule has 1 saturated heterocycles. The first-order valence-electron chi connectivity index (χ1n) is 10.9. The number of nitrogens with zero attached hydrogens (tertiary/aromatic N) is 2. The number of sulfonamides is 1. The number of hydrogen-bond acceptors (Lipinski definition) is 5. The van der Waals surface area contributed by atoms with E-state index in [2.05, 4.69) is 17.6 Å². The average Bonchev–Trinajstić information content (AvgIpc) is 2.73. The van der Waals surface area contributed by atoms with Crippen molar-refractivity contribution in [3.8, 4) is 0 Å². The van der Waals surface area contributed by atoms with Crippen molar-refractivity contribution in [2.45, 2.75) is 63.4 Å². The van der Waals surface area contributed by atoms with E-state index in [0.29, 0.717) is 12.2 Å². The molecule has 0 aromatic heterocycles. The second kappa shape index (κ2) is 11.1. The molecule has 3 unspecified atom stereocenters. The summed E-state index contributed by atoms with van der Waals surface area (Å²) in [6.45, 7) is 7.21. The standard InChI is InChI=1S/C22H36N4O4S/c1-6-9-16(2)23-22(28)18-10-8-13-26(15-18)17(3)21(27)24-19-11-7-12-20(14-19)31(29,30)25(4)5/h7,11-12,14,16-18H,6,8-10,13,15H2,1-5H3,(H,23,28)(H,24,27). The maximum atomic E-state index is 12.8. The molecule has 9 heteroatoms. The van der Waals surface area contributed by atoms with Gasteiger partial charge in [-0.2, -0.15) is 0 Å². The molecule has 0 spiro atoms. The monoisotopic (exact) mass is 452 g/mol. The van der Waals surface area contributed by atoms with Crippen LogP contribution < -0.4 is 10.6 Å². The Hall–Kier alpha value is -1.97. The molecule has 2 rings (SSSR count). The Labute approximate surface area is 186 Å². The van der Waals surface area contributed by atoms with E-state index in [1.807, 2.05) is 18.7 Å². The number of benzene rings is 1. The fourth-order valence-electron chi connectivity index (χ4n) is 3.80. The average molecular weight is 453 g/mol. The summed E-state index contributed by atoms with van der Waals surface area (Å²) in [5, 5.41) is 5.90. The molecule has 3 atom stereocenters. The van der Waals surface area contributed by atoms with Crippen molar-refractivity contribution in [1.29, 1.82) is 0 Å². The van der Waals surface area contributed by atoms with Crippen LogP contribution in [0.5, 0.6) is 0 Å². The molecule has 31 heavy (non-hydrogen) atoms. The van der Waals surface area contributed by atoms with Gasteiger partial charge < -0.3 is 10.6 Å². The molecule has 8 nitrogen and oxygen atoms in total. The fraction of sp³-hybridized carbons (Fsp3) is 0.636. The smallest absolute Gasteiger partial charge is 0.242 e. The zero-order valence-electron chi connectivity index (χ0n) is 19.2. The highest BCUT2D eigenvalue weighted by Crippen LogP contribution is 2.21. The zero-order chi connectivity index (χ0) is 23.2. The third-order valence-corrected chi connectivity index (χ3v) is 7.55. The number of nitrogens with one attached hydrogen (secondary N) is 2. The maximum Gasteiger partial charge on any atom is 0.242 e. The molecule has 0 saturated carbocycles. The van der Waals surface area contributed by atoms with E-state index in [0.717, 1.165) is 36.5 Å². The van der Waals surface area contributed by atoms with Crippen molar-refractivity contribution >= 4 is 27.5 Å². The zero-order valence-corrected chi connectivity index (χ0v) is 20.0. The van der Waals surface area contributed by atoms with Crippen molar-refractivity contribution in [3.05, 3.63) is 24.3 Å². The molecule has 1 heterocycles. The van der Waals surface area contributed by atoms with Crippen LogP contribution in [0.25, 0.3) is 0 Å². The van der Waals surface area contributed by atoms with Gasteiger partial charge in [-0.15, -0.1) is 0 Å². The molecule has 2 N–H and O–H groups in total. The van der Waals surface area contributed by atoms with Crippen LogP contribution in [-0.4, -0.2) is 68.7 Å². The molecule has 0 radical (unpaired) electrons. The highest BCUT2D eigenvalue weighted by Gasteiger charge is 2.31. The summed E-state index contributed by atoms with van der Waals surface area (Å²) in [5.74, 6) is -0.295. The van der Waals surface area contributed by atoms with Crippen LogP contribution in [0, 0.1) is 5.92 Å². The van der Waals surface area contributed by atoms with E-state index in [9.17, 15) is 18.0 Å². The lowest BCUT2D eigenvalue weighted by molar-refractivity contribution is -0.129. The van der Waals surface area contributed by atoms with Crippen molar-refractivity contribution in [3.63, 3.8) is 0 Å². The van der Waals surface area contributed by atoms with Crippen LogP contribution in [0.1, 0.15) is 46.5 Å². The second-order valence-corrected chi connectivity index (χ2v) is 10.7. The molecule has 1 aliphatic rings. The summed E-state index contributed by atoms with van der Waals surface area (Å²) in [6.07, 6.45) is 3.64. The molecular formula is C22H36N4O4S. The minimum Gasteiger partial charge on any atom is -0.353 e. The minimum atomic E-state index is -3.58. The van der Waals surface area contributed by atoms with Crippen LogP contribution in [0.15, 0.2) is 29.2 Å². The number of carbonyl (C=O) groups is 2. The van der Waals surface area contributed by atoms with E-state index in [1.165, 1.54) is 26.2 Å². The number of carbonyl (C=O) groups excluding carboxylic acids is 2. The lowest BCUT2D eigenvalue weighted by atomic mass is 9.95. The Morgan fingerprint density at radius 2 is 1.97 bits per heavy atom. The Bertz CT molecular complexity index is 872. The molecule has 2 amide bonds. The SMILES string of the molecule is CCCC(C)NC(=O)C1CCCN(C(C)C(=O)Nc2cccc(S(=O)(=O)N(C)C)c2)C1. The first-order chi connectivity index (χ1) is 14.6. The van der Waals surface area contributed by atoms with Crippen molar-refractivity contribution < 1.29 is 18.0 Å². The Balaban J connectivity index is 2.01. The largest absolute Gasteiger partial charge is 0.353 e. The third kappa shape index (κ3) is 6.75. The molecule has 1 aromatic rings. The number of likely N-dealkylation sites (tertiary alicyclic amines) is 1. The summed E-state index contributed by atoms with van der Waals surface area (Å²) in [6, 6.07) is 5.96. The van der Waals surface area contributed by atoms with Gasteiger partial charge in [-0.05, 0) is 57.9 Å². The summed E-state index contributed by atoms with van der Waals surface area (Å²) in [5.41, 5.74) is 0.430. The van der Waals surface area contributed by atoms with Gasteiger partial charge in [0.25, 0.3) is 0 Å².